The minimum absolute atomic E-state index is 0.139. The third-order valence-electron chi connectivity index (χ3n) is 4.49. The monoisotopic (exact) mass is 418 g/mol. The fourth-order valence-corrected chi connectivity index (χ4v) is 3.20. The fraction of sp³-hybridized carbons (Fsp3) is 0.222. The molecule has 1 fully saturated rings. The van der Waals surface area contributed by atoms with Crippen molar-refractivity contribution in [3.05, 3.63) is 73.3 Å². The van der Waals surface area contributed by atoms with Crippen molar-refractivity contribution in [3.8, 4) is 0 Å². The van der Waals surface area contributed by atoms with Crippen LogP contribution in [-0.2, 0) is 4.79 Å². The number of anilines is 1. The molecule has 10 nitrogen and oxygen atoms in total. The number of halogens is 1. The summed E-state index contributed by atoms with van der Waals surface area (Å²) in [5, 5.41) is 22.4. The van der Waals surface area contributed by atoms with E-state index in [-0.39, 0.29) is 34.5 Å². The zero-order valence-electron chi connectivity index (χ0n) is 15.0. The van der Waals surface area contributed by atoms with Crippen LogP contribution in [0, 0.1) is 20.2 Å². The molecule has 0 saturated carbocycles. The van der Waals surface area contributed by atoms with Gasteiger partial charge in [-0.25, -0.2) is 0 Å². The molecular weight excluding hydrogens is 404 g/mol. The first kappa shape index (κ1) is 20.2. The van der Waals surface area contributed by atoms with Gasteiger partial charge in [-0.3, -0.25) is 34.7 Å². The fourth-order valence-electron chi connectivity index (χ4n) is 3.03. The van der Waals surface area contributed by atoms with Crippen molar-refractivity contribution in [1.82, 2.24) is 4.90 Å². The first-order valence-electron chi connectivity index (χ1n) is 8.56. The topological polar surface area (TPSA) is 127 Å². The molecule has 0 aromatic heterocycles. The highest BCUT2D eigenvalue weighted by Gasteiger charge is 2.30. The van der Waals surface area contributed by atoms with Crippen molar-refractivity contribution >= 4 is 40.5 Å². The molecule has 0 N–H and O–H groups in total. The third kappa shape index (κ3) is 4.32. The van der Waals surface area contributed by atoms with Crippen molar-refractivity contribution in [2.75, 3.05) is 18.1 Å². The highest BCUT2D eigenvalue weighted by molar-refractivity contribution is 6.31. The van der Waals surface area contributed by atoms with Gasteiger partial charge in [0.05, 0.1) is 9.85 Å². The van der Waals surface area contributed by atoms with Crippen molar-refractivity contribution in [2.45, 2.75) is 12.8 Å². The van der Waals surface area contributed by atoms with Crippen LogP contribution < -0.4 is 4.90 Å². The number of amides is 2. The van der Waals surface area contributed by atoms with Crippen LogP contribution in [0.5, 0.6) is 0 Å². The molecule has 150 valence electrons. The molecular formula is C18H15ClN4O6. The summed E-state index contributed by atoms with van der Waals surface area (Å²) in [6.07, 6.45) is 0.984. The lowest BCUT2D eigenvalue weighted by Gasteiger charge is -2.28. The van der Waals surface area contributed by atoms with Crippen LogP contribution in [0.3, 0.4) is 0 Å². The number of nitro benzene ring substituents is 2. The van der Waals surface area contributed by atoms with E-state index in [1.807, 2.05) is 0 Å². The Morgan fingerprint density at radius 3 is 2.34 bits per heavy atom. The number of hydrogen-bond acceptors (Lipinski definition) is 6. The largest absolute Gasteiger partial charge is 0.324 e. The van der Waals surface area contributed by atoms with E-state index in [4.69, 9.17) is 11.6 Å². The van der Waals surface area contributed by atoms with E-state index in [2.05, 4.69) is 0 Å². The Hall–Kier alpha value is -3.53. The van der Waals surface area contributed by atoms with Gasteiger partial charge < -0.3 is 4.90 Å². The molecule has 1 saturated heterocycles. The van der Waals surface area contributed by atoms with E-state index >= 15 is 0 Å². The molecule has 3 rings (SSSR count). The van der Waals surface area contributed by atoms with Crippen molar-refractivity contribution in [3.63, 3.8) is 0 Å². The number of carbonyl (C=O) groups excluding carboxylic acids is 2. The Bertz CT molecular complexity index is 994. The lowest BCUT2D eigenvalue weighted by molar-refractivity contribution is -0.385. The molecule has 2 amide bonds. The molecule has 1 aliphatic rings. The van der Waals surface area contributed by atoms with Gasteiger partial charge in [-0.1, -0.05) is 11.6 Å². The summed E-state index contributed by atoms with van der Waals surface area (Å²) in [7, 11) is 0. The first-order chi connectivity index (χ1) is 13.8. The van der Waals surface area contributed by atoms with Gasteiger partial charge in [0.15, 0.2) is 0 Å². The molecule has 11 heteroatoms. The van der Waals surface area contributed by atoms with Crippen molar-refractivity contribution in [2.24, 2.45) is 0 Å². The summed E-state index contributed by atoms with van der Waals surface area (Å²) in [5.41, 5.74) is -0.590. The van der Waals surface area contributed by atoms with Gasteiger partial charge in [0, 0.05) is 41.9 Å². The van der Waals surface area contributed by atoms with E-state index < -0.39 is 21.4 Å². The average molecular weight is 419 g/mol. The summed E-state index contributed by atoms with van der Waals surface area (Å²) in [6.45, 7) is 0.298. The van der Waals surface area contributed by atoms with E-state index in [0.29, 0.717) is 19.4 Å². The molecule has 0 atom stereocenters. The second-order valence-electron chi connectivity index (χ2n) is 6.33. The maximum Gasteiger partial charge on any atom is 0.282 e. The van der Waals surface area contributed by atoms with Gasteiger partial charge >= 0.3 is 0 Å². The SMILES string of the molecule is O=C1CCCN1CN(C(=O)c1cc(Cl)ccc1[N+](=O)[O-])c1ccc([N+](=O)[O-])cc1. The van der Waals surface area contributed by atoms with E-state index in [9.17, 15) is 29.8 Å². The third-order valence-corrected chi connectivity index (χ3v) is 4.72. The van der Waals surface area contributed by atoms with Crippen LogP contribution >= 0.6 is 11.6 Å². The quantitative estimate of drug-likeness (QED) is 0.522. The molecule has 2 aromatic carbocycles. The molecule has 1 heterocycles. The summed E-state index contributed by atoms with van der Waals surface area (Å²) < 4.78 is 0. The predicted octanol–water partition coefficient (Wildman–Crippen LogP) is 3.38. The zero-order valence-corrected chi connectivity index (χ0v) is 15.7. The Morgan fingerprint density at radius 1 is 1.10 bits per heavy atom. The summed E-state index contributed by atoms with van der Waals surface area (Å²) in [4.78, 5) is 48.9. The molecule has 1 aliphatic heterocycles. The lowest BCUT2D eigenvalue weighted by Crippen LogP contribution is -2.42. The van der Waals surface area contributed by atoms with Crippen LogP contribution in [0.2, 0.25) is 5.02 Å². The minimum atomic E-state index is -0.743. The van der Waals surface area contributed by atoms with E-state index in [0.717, 1.165) is 6.07 Å². The smallest absolute Gasteiger partial charge is 0.282 e. The molecule has 0 radical (unpaired) electrons. The molecule has 29 heavy (non-hydrogen) atoms. The molecule has 2 aromatic rings. The van der Waals surface area contributed by atoms with E-state index in [1.54, 1.807) is 0 Å². The Balaban J connectivity index is 2.03. The Labute approximate surface area is 169 Å². The number of non-ortho nitro benzene ring substituents is 1. The summed E-state index contributed by atoms with van der Waals surface area (Å²) in [5.74, 6) is -0.891. The van der Waals surface area contributed by atoms with Crippen molar-refractivity contribution < 1.29 is 19.4 Å². The van der Waals surface area contributed by atoms with Crippen LogP contribution in [0.15, 0.2) is 42.5 Å². The number of rotatable bonds is 6. The Kier molecular flexibility index (Phi) is 5.74. The summed E-state index contributed by atoms with van der Waals surface area (Å²) >= 11 is 5.93. The number of likely N-dealkylation sites (tertiary alicyclic amines) is 1. The maximum absolute atomic E-state index is 13.2. The zero-order chi connectivity index (χ0) is 21.1. The lowest BCUT2D eigenvalue weighted by atomic mass is 10.1. The average Bonchev–Trinajstić information content (AvgIpc) is 3.10. The number of carbonyl (C=O) groups is 2. The van der Waals surface area contributed by atoms with Gasteiger partial charge in [-0.2, -0.15) is 0 Å². The summed E-state index contributed by atoms with van der Waals surface area (Å²) in [6, 6.07) is 8.76. The number of nitro groups is 2. The standard InChI is InChI=1S/C18H15ClN4O6/c19-12-3-8-16(23(28)29)15(10-12)18(25)21(11-20-9-1-2-17(20)24)13-4-6-14(7-5-13)22(26)27/h3-8,10H,1-2,9,11H2. The maximum atomic E-state index is 13.2. The molecule has 0 spiro atoms. The van der Waals surface area contributed by atoms with Gasteiger partial charge in [-0.15, -0.1) is 0 Å². The minimum Gasteiger partial charge on any atom is -0.324 e. The van der Waals surface area contributed by atoms with E-state index in [1.165, 1.54) is 46.2 Å². The second-order valence-corrected chi connectivity index (χ2v) is 6.76. The van der Waals surface area contributed by atoms with Gasteiger partial charge in [0.1, 0.15) is 12.2 Å². The normalized spacial score (nSPS) is 13.4. The van der Waals surface area contributed by atoms with Crippen LogP contribution in [0.1, 0.15) is 23.2 Å². The van der Waals surface area contributed by atoms with Crippen molar-refractivity contribution in [1.29, 1.82) is 0 Å². The van der Waals surface area contributed by atoms with Gasteiger partial charge in [-0.05, 0) is 30.7 Å². The second kappa shape index (κ2) is 8.23. The highest BCUT2D eigenvalue weighted by atomic mass is 35.5. The Morgan fingerprint density at radius 2 is 1.79 bits per heavy atom. The molecule has 0 bridgehead atoms. The number of benzene rings is 2. The predicted molar refractivity (Wildman–Crippen MR) is 104 cm³/mol. The number of nitrogens with zero attached hydrogens (tertiary/aromatic N) is 4. The molecule has 0 unspecified atom stereocenters. The molecule has 0 aliphatic carbocycles. The van der Waals surface area contributed by atoms with Gasteiger partial charge in [0.2, 0.25) is 5.91 Å². The number of hydrogen-bond donors (Lipinski definition) is 0. The van der Waals surface area contributed by atoms with Crippen LogP contribution in [0.4, 0.5) is 17.1 Å². The highest BCUT2D eigenvalue weighted by Crippen LogP contribution is 2.28. The van der Waals surface area contributed by atoms with Crippen LogP contribution in [-0.4, -0.2) is 39.8 Å². The van der Waals surface area contributed by atoms with Crippen LogP contribution in [0.25, 0.3) is 0 Å². The van der Waals surface area contributed by atoms with Gasteiger partial charge in [0.25, 0.3) is 17.3 Å². The first-order valence-corrected chi connectivity index (χ1v) is 8.94.